The summed E-state index contributed by atoms with van der Waals surface area (Å²) in [6.07, 6.45) is 3.07. The van der Waals surface area contributed by atoms with Crippen molar-refractivity contribution in [1.29, 1.82) is 0 Å². The highest BCUT2D eigenvalue weighted by Gasteiger charge is 2.35. The molecule has 0 spiro atoms. The Morgan fingerprint density at radius 1 is 1.00 bits per heavy atom. The van der Waals surface area contributed by atoms with E-state index in [9.17, 15) is 9.59 Å². The summed E-state index contributed by atoms with van der Waals surface area (Å²) in [4.78, 5) is 31.9. The van der Waals surface area contributed by atoms with E-state index in [1.165, 1.54) is 0 Å². The second-order valence-corrected chi connectivity index (χ2v) is 8.62. The van der Waals surface area contributed by atoms with Crippen LogP contribution in [-0.2, 0) is 4.79 Å². The number of nitrogens with zero attached hydrogens (tertiary/aromatic N) is 3. The minimum atomic E-state index is -0.0765. The van der Waals surface area contributed by atoms with Gasteiger partial charge in [0.1, 0.15) is 6.04 Å². The van der Waals surface area contributed by atoms with E-state index >= 15 is 0 Å². The normalized spacial score (nSPS) is 21.0. The largest absolute Gasteiger partial charge is 0.368 e. The van der Waals surface area contributed by atoms with Crippen molar-refractivity contribution in [3.8, 4) is 0 Å². The Balaban J connectivity index is 1.29. The summed E-state index contributed by atoms with van der Waals surface area (Å²) in [6.45, 7) is 3.74. The standard InChI is InChI=1S/C23H25ClN4O2/c24-17-4-3-5-18(15-17)26-10-12-27(13-11-26)23(30)16-7-8-20-19(14-16)25-22(29)21-6-1-2-9-28(20)21/h3-5,7-8,14-15,21H,1-2,6,9-13H2,(H,25,29). The van der Waals surface area contributed by atoms with Crippen LogP contribution in [0.5, 0.6) is 0 Å². The Kier molecular flexibility index (Phi) is 5.03. The molecule has 2 amide bonds. The number of halogens is 1. The summed E-state index contributed by atoms with van der Waals surface area (Å²) in [5, 5.41) is 3.74. The van der Waals surface area contributed by atoms with E-state index in [4.69, 9.17) is 11.6 Å². The van der Waals surface area contributed by atoms with Gasteiger partial charge < -0.3 is 20.0 Å². The molecule has 0 bridgehead atoms. The minimum absolute atomic E-state index is 0.0126. The molecule has 1 N–H and O–H groups in total. The predicted octanol–water partition coefficient (Wildman–Crippen LogP) is 3.61. The zero-order chi connectivity index (χ0) is 20.7. The summed E-state index contributed by atoms with van der Waals surface area (Å²) < 4.78 is 0. The van der Waals surface area contributed by atoms with E-state index in [-0.39, 0.29) is 17.9 Å². The maximum Gasteiger partial charge on any atom is 0.254 e. The van der Waals surface area contributed by atoms with Crippen LogP contribution in [0.3, 0.4) is 0 Å². The first-order chi connectivity index (χ1) is 14.6. The lowest BCUT2D eigenvalue weighted by Gasteiger charge is -2.41. The van der Waals surface area contributed by atoms with Gasteiger partial charge in [0.15, 0.2) is 0 Å². The van der Waals surface area contributed by atoms with Crippen molar-refractivity contribution >= 4 is 40.5 Å². The van der Waals surface area contributed by atoms with Gasteiger partial charge in [0, 0.05) is 49.0 Å². The fourth-order valence-corrected chi connectivity index (χ4v) is 4.94. The second kappa shape index (κ2) is 7.84. The Morgan fingerprint density at radius 3 is 2.63 bits per heavy atom. The number of anilines is 3. The Labute approximate surface area is 181 Å². The third-order valence-corrected chi connectivity index (χ3v) is 6.59. The van der Waals surface area contributed by atoms with Gasteiger partial charge in [-0.1, -0.05) is 17.7 Å². The summed E-state index contributed by atoms with van der Waals surface area (Å²) in [5.41, 5.74) is 3.49. The number of fused-ring (bicyclic) bond motifs is 3. The van der Waals surface area contributed by atoms with Crippen molar-refractivity contribution in [1.82, 2.24) is 4.90 Å². The van der Waals surface area contributed by atoms with Crippen LogP contribution in [0.4, 0.5) is 17.1 Å². The van der Waals surface area contributed by atoms with Gasteiger partial charge in [0.05, 0.1) is 11.4 Å². The molecule has 5 rings (SSSR count). The van der Waals surface area contributed by atoms with Gasteiger partial charge in [-0.2, -0.15) is 0 Å². The Hall–Kier alpha value is -2.73. The summed E-state index contributed by atoms with van der Waals surface area (Å²) in [5.74, 6) is 0.0560. The predicted molar refractivity (Wildman–Crippen MR) is 120 cm³/mol. The summed E-state index contributed by atoms with van der Waals surface area (Å²) in [6, 6.07) is 13.5. The van der Waals surface area contributed by atoms with E-state index in [1.807, 2.05) is 47.4 Å². The van der Waals surface area contributed by atoms with Gasteiger partial charge in [-0.25, -0.2) is 0 Å². The molecule has 0 radical (unpaired) electrons. The quantitative estimate of drug-likeness (QED) is 0.800. The number of rotatable bonds is 2. The number of benzene rings is 2. The molecule has 0 saturated carbocycles. The smallest absolute Gasteiger partial charge is 0.254 e. The zero-order valence-electron chi connectivity index (χ0n) is 16.8. The van der Waals surface area contributed by atoms with Crippen LogP contribution in [0, 0.1) is 0 Å². The van der Waals surface area contributed by atoms with Crippen molar-refractivity contribution in [2.45, 2.75) is 25.3 Å². The maximum atomic E-state index is 13.1. The molecule has 0 aromatic heterocycles. The van der Waals surface area contributed by atoms with Crippen LogP contribution in [0.25, 0.3) is 0 Å². The molecular formula is C23H25ClN4O2. The number of amides is 2. The summed E-state index contributed by atoms with van der Waals surface area (Å²) >= 11 is 6.11. The first-order valence-electron chi connectivity index (χ1n) is 10.6. The molecule has 2 aromatic rings. The van der Waals surface area contributed by atoms with E-state index in [2.05, 4.69) is 15.1 Å². The molecule has 1 unspecified atom stereocenters. The highest BCUT2D eigenvalue weighted by Crippen LogP contribution is 2.36. The second-order valence-electron chi connectivity index (χ2n) is 8.19. The number of carbonyl (C=O) groups is 2. The zero-order valence-corrected chi connectivity index (χ0v) is 17.6. The first kappa shape index (κ1) is 19.2. The van der Waals surface area contributed by atoms with Crippen molar-refractivity contribution in [2.75, 3.05) is 47.8 Å². The van der Waals surface area contributed by atoms with Crippen molar-refractivity contribution in [2.24, 2.45) is 0 Å². The fraction of sp³-hybridized carbons (Fsp3) is 0.391. The molecule has 2 saturated heterocycles. The van der Waals surface area contributed by atoms with Crippen molar-refractivity contribution < 1.29 is 9.59 Å². The topological polar surface area (TPSA) is 55.9 Å². The van der Waals surface area contributed by atoms with Gasteiger partial charge in [-0.3, -0.25) is 9.59 Å². The number of nitrogens with one attached hydrogen (secondary N) is 1. The Bertz CT molecular complexity index is 987. The lowest BCUT2D eigenvalue weighted by atomic mass is 9.96. The van der Waals surface area contributed by atoms with E-state index in [1.54, 1.807) is 0 Å². The third-order valence-electron chi connectivity index (χ3n) is 6.36. The highest BCUT2D eigenvalue weighted by molar-refractivity contribution is 6.30. The van der Waals surface area contributed by atoms with Gasteiger partial charge in [0.2, 0.25) is 5.91 Å². The number of hydrogen-bond donors (Lipinski definition) is 1. The molecular weight excluding hydrogens is 400 g/mol. The molecule has 3 aliphatic heterocycles. The number of piperidine rings is 1. The molecule has 0 aliphatic carbocycles. The molecule has 2 fully saturated rings. The molecule has 2 aromatic carbocycles. The lowest BCUT2D eigenvalue weighted by molar-refractivity contribution is -0.118. The van der Waals surface area contributed by atoms with Crippen molar-refractivity contribution in [3.63, 3.8) is 0 Å². The molecule has 3 aliphatic rings. The first-order valence-corrected chi connectivity index (χ1v) is 11.0. The molecule has 156 valence electrons. The maximum absolute atomic E-state index is 13.1. The minimum Gasteiger partial charge on any atom is -0.368 e. The van der Waals surface area contributed by atoms with E-state index in [0.717, 1.165) is 61.0 Å². The van der Waals surface area contributed by atoms with Crippen LogP contribution in [0.15, 0.2) is 42.5 Å². The Morgan fingerprint density at radius 2 is 1.83 bits per heavy atom. The van der Waals surface area contributed by atoms with Gasteiger partial charge in [-0.15, -0.1) is 0 Å². The van der Waals surface area contributed by atoms with Gasteiger partial charge >= 0.3 is 0 Å². The SMILES string of the molecule is O=C1Nc2cc(C(=O)N3CCN(c4cccc(Cl)c4)CC3)ccc2N2CCCCC12. The molecule has 7 heteroatoms. The number of piperazine rings is 1. The lowest BCUT2D eigenvalue weighted by Crippen LogP contribution is -2.50. The fourth-order valence-electron chi connectivity index (χ4n) is 4.75. The monoisotopic (exact) mass is 424 g/mol. The average Bonchev–Trinajstić information content (AvgIpc) is 2.78. The van der Waals surface area contributed by atoms with Crippen LogP contribution >= 0.6 is 11.6 Å². The average molecular weight is 425 g/mol. The molecule has 30 heavy (non-hydrogen) atoms. The van der Waals surface area contributed by atoms with Crippen LogP contribution in [0.1, 0.15) is 29.6 Å². The summed E-state index contributed by atoms with van der Waals surface area (Å²) in [7, 11) is 0. The molecule has 1 atom stereocenters. The van der Waals surface area contributed by atoms with Crippen LogP contribution in [-0.4, -0.2) is 55.5 Å². The number of hydrogen-bond acceptors (Lipinski definition) is 4. The van der Waals surface area contributed by atoms with Crippen LogP contribution < -0.4 is 15.1 Å². The van der Waals surface area contributed by atoms with Crippen LogP contribution in [0.2, 0.25) is 5.02 Å². The highest BCUT2D eigenvalue weighted by atomic mass is 35.5. The molecule has 6 nitrogen and oxygen atoms in total. The van der Waals surface area contributed by atoms with Gasteiger partial charge in [0.25, 0.3) is 5.91 Å². The van der Waals surface area contributed by atoms with E-state index in [0.29, 0.717) is 18.7 Å². The third kappa shape index (κ3) is 3.49. The van der Waals surface area contributed by atoms with Gasteiger partial charge in [-0.05, 0) is 55.7 Å². The number of carbonyl (C=O) groups excluding carboxylic acids is 2. The van der Waals surface area contributed by atoms with E-state index < -0.39 is 0 Å². The van der Waals surface area contributed by atoms with Crippen molar-refractivity contribution in [3.05, 3.63) is 53.1 Å². The molecule has 3 heterocycles.